The molecule has 16 rings (SSSR count). The van der Waals surface area contributed by atoms with Gasteiger partial charge in [0.1, 0.15) is 75.2 Å². The van der Waals surface area contributed by atoms with Crippen molar-refractivity contribution in [3.63, 3.8) is 0 Å². The second-order valence-corrected chi connectivity index (χ2v) is 30.2. The molecule has 32 nitrogen and oxygen atoms in total. The number of aryl methyl sites for hydroxylation is 5. The van der Waals surface area contributed by atoms with Gasteiger partial charge in [-0.05, 0) is 106 Å². The fraction of sp³-hybridized carbons (Fsp3) is 0.236. The molecule has 0 amide bonds. The van der Waals surface area contributed by atoms with Gasteiger partial charge < -0.3 is 65.9 Å². The van der Waals surface area contributed by atoms with E-state index in [1.807, 2.05) is 126 Å². The van der Waals surface area contributed by atoms with Gasteiger partial charge in [0.15, 0.2) is 63.6 Å². The van der Waals surface area contributed by atoms with Gasteiger partial charge in [0.25, 0.3) is 0 Å². The van der Waals surface area contributed by atoms with Crippen molar-refractivity contribution in [2.24, 2.45) is 0 Å². The number of para-hydroxylation sites is 1. The molecule has 0 spiro atoms. The van der Waals surface area contributed by atoms with Crippen molar-refractivity contribution in [3.05, 3.63) is 252 Å². The number of furan rings is 1. The van der Waals surface area contributed by atoms with Crippen LogP contribution in [-0.4, -0.2) is 105 Å². The molecule has 0 aliphatic rings. The average molecular weight is 1660 g/mol. The molecule has 0 aliphatic heterocycles. The fourth-order valence-corrected chi connectivity index (χ4v) is 12.6. The molecule has 1 aromatic carbocycles. The van der Waals surface area contributed by atoms with Crippen LogP contribution in [0.5, 0.6) is 57.5 Å². The van der Waals surface area contributed by atoms with Crippen molar-refractivity contribution >= 4 is 57.2 Å². The van der Waals surface area contributed by atoms with Crippen molar-refractivity contribution < 1.29 is 32.9 Å². The summed E-state index contributed by atoms with van der Waals surface area (Å²) in [7, 11) is 0. The van der Waals surface area contributed by atoms with Crippen molar-refractivity contribution in [1.82, 2.24) is 98.7 Å². The zero-order valence-electron chi connectivity index (χ0n) is 70.5. The van der Waals surface area contributed by atoms with Gasteiger partial charge in [-0.25, -0.2) is 69.5 Å². The number of hydrogen-bond donors (Lipinski definition) is 5. The minimum Gasteiger partial charge on any atom is -0.463 e. The number of pyridine rings is 5. The Bertz CT molecular complexity index is 5940. The summed E-state index contributed by atoms with van der Waals surface area (Å²) in [6.07, 6.45) is 27.7. The third-order valence-corrected chi connectivity index (χ3v) is 19.1. The van der Waals surface area contributed by atoms with Crippen molar-refractivity contribution in [2.45, 2.75) is 140 Å². The van der Waals surface area contributed by atoms with E-state index in [0.29, 0.717) is 133 Å². The summed E-state index contributed by atoms with van der Waals surface area (Å²) in [5.41, 5.74) is 41.1. The Morgan fingerprint density at radius 2 is 0.770 bits per heavy atom. The second-order valence-electron chi connectivity index (χ2n) is 29.5. The fourth-order valence-electron chi connectivity index (χ4n) is 12.1. The Morgan fingerprint density at radius 3 is 1.16 bits per heavy atom. The van der Waals surface area contributed by atoms with E-state index in [1.54, 1.807) is 108 Å². The molecule has 0 bridgehead atoms. The van der Waals surface area contributed by atoms with Crippen LogP contribution in [0.1, 0.15) is 167 Å². The zero-order valence-corrected chi connectivity index (χ0v) is 71.3. The Morgan fingerprint density at radius 1 is 0.385 bits per heavy atom. The highest BCUT2D eigenvalue weighted by Crippen LogP contribution is 2.41. The third-order valence-electron chi connectivity index (χ3n) is 18.6. The smallest absolute Gasteiger partial charge is 0.243 e. The Balaban J connectivity index is 0.000000140. The van der Waals surface area contributed by atoms with Gasteiger partial charge in [-0.2, -0.15) is 5.10 Å². The summed E-state index contributed by atoms with van der Waals surface area (Å²) < 4.78 is 40.7. The van der Waals surface area contributed by atoms with Crippen molar-refractivity contribution in [2.75, 3.05) is 28.7 Å². The van der Waals surface area contributed by atoms with E-state index in [2.05, 4.69) is 158 Å². The number of aromatic nitrogens is 20. The van der Waals surface area contributed by atoms with Gasteiger partial charge >= 0.3 is 0 Å². The van der Waals surface area contributed by atoms with Crippen LogP contribution in [0.4, 0.5) is 29.1 Å². The lowest BCUT2D eigenvalue weighted by atomic mass is 10.0. The van der Waals surface area contributed by atoms with Gasteiger partial charge in [0.2, 0.25) is 5.91 Å². The van der Waals surface area contributed by atoms with E-state index in [1.165, 1.54) is 22.9 Å². The van der Waals surface area contributed by atoms with Crippen LogP contribution in [0.25, 0.3) is 56.6 Å². The first kappa shape index (κ1) is 86.3. The summed E-state index contributed by atoms with van der Waals surface area (Å²) in [4.78, 5) is 79.7. The Kier molecular flexibility index (Phi) is 27.6. The summed E-state index contributed by atoms with van der Waals surface area (Å²) in [5, 5.41) is 7.14. The third kappa shape index (κ3) is 21.6. The number of thiazole rings is 1. The van der Waals surface area contributed by atoms with E-state index in [4.69, 9.17) is 56.8 Å². The molecule has 0 aliphatic carbocycles. The molecule has 16 aromatic rings. The second kappa shape index (κ2) is 39.0. The Hall–Kier alpha value is -15.0. The van der Waals surface area contributed by atoms with Gasteiger partial charge in [0.05, 0.1) is 71.6 Å². The maximum absolute atomic E-state index is 11.4. The van der Waals surface area contributed by atoms with E-state index in [-0.39, 0.29) is 41.3 Å². The Labute approximate surface area is 709 Å². The lowest BCUT2D eigenvalue weighted by Gasteiger charge is -2.16. The zero-order chi connectivity index (χ0) is 87.0. The van der Waals surface area contributed by atoms with Gasteiger partial charge in [0, 0.05) is 132 Å². The minimum absolute atomic E-state index is 0.170. The molecule has 122 heavy (non-hydrogen) atoms. The molecule has 0 fully saturated rings. The molecular weight excluding hydrogens is 1560 g/mol. The number of rotatable bonds is 20. The number of anilines is 5. The van der Waals surface area contributed by atoms with Crippen molar-refractivity contribution in [1.29, 1.82) is 0 Å². The van der Waals surface area contributed by atoms with E-state index in [0.717, 1.165) is 61.7 Å². The normalized spacial score (nSPS) is 11.0. The molecule has 0 unspecified atom stereocenters. The van der Waals surface area contributed by atoms with Gasteiger partial charge in [-0.15, -0.1) is 11.3 Å². The highest BCUT2D eigenvalue weighted by Gasteiger charge is 2.22. The molecular formula is C89H95N25O7S. The van der Waals surface area contributed by atoms with Crippen LogP contribution in [-0.2, 0) is 0 Å². The predicted octanol–water partition coefficient (Wildman–Crippen LogP) is 19.0. The maximum atomic E-state index is 11.4. The highest BCUT2D eigenvalue weighted by molar-refractivity contribution is 7.07. The number of fused-ring (bicyclic) bond motifs is 1. The quantitative estimate of drug-likeness (QED) is 0.0473. The van der Waals surface area contributed by atoms with Crippen LogP contribution in [0.2, 0.25) is 0 Å². The van der Waals surface area contributed by atoms with Crippen LogP contribution in [0, 0.1) is 34.6 Å². The summed E-state index contributed by atoms with van der Waals surface area (Å²) in [6, 6.07) is 27.2. The first-order chi connectivity index (χ1) is 58.5. The topological polar surface area (TPSA) is 440 Å². The number of hydrogen-bond acceptors (Lipinski definition) is 30. The van der Waals surface area contributed by atoms with Crippen LogP contribution >= 0.6 is 11.3 Å². The van der Waals surface area contributed by atoms with E-state index in [9.17, 15) is 4.79 Å². The molecule has 15 aromatic heterocycles. The van der Waals surface area contributed by atoms with Crippen LogP contribution in [0.3, 0.4) is 0 Å². The summed E-state index contributed by atoms with van der Waals surface area (Å²) >= 11 is 1.53. The lowest BCUT2D eigenvalue weighted by molar-refractivity contribution is 0.0921. The van der Waals surface area contributed by atoms with E-state index >= 15 is 0 Å². The number of nitrogens with zero attached hydrogens (tertiary/aromatic N) is 20. The molecule has 0 radical (unpaired) electrons. The predicted molar refractivity (Wildman–Crippen MR) is 470 cm³/mol. The molecule has 0 atom stereocenters. The highest BCUT2D eigenvalue weighted by atomic mass is 32.1. The van der Waals surface area contributed by atoms with E-state index < -0.39 is 0 Å². The maximum Gasteiger partial charge on any atom is 0.243 e. The number of ether oxygens (including phenoxy) is 5. The summed E-state index contributed by atoms with van der Waals surface area (Å²) in [5.74, 6) is 13.3. The van der Waals surface area contributed by atoms with Crippen LogP contribution < -0.4 is 52.4 Å². The number of carbonyl (C=O) groups excluding carboxylic acids is 1. The first-order valence-corrected chi connectivity index (χ1v) is 40.0. The number of benzene rings is 1. The monoisotopic (exact) mass is 1660 g/mol. The average Bonchev–Trinajstić information content (AvgIpc) is 1.09. The van der Waals surface area contributed by atoms with Crippen molar-refractivity contribution in [3.8, 4) is 103 Å². The molecule has 15 heterocycles. The molecule has 0 saturated carbocycles. The molecule has 33 heteroatoms. The lowest BCUT2D eigenvalue weighted by Crippen LogP contribution is -2.04. The van der Waals surface area contributed by atoms with Gasteiger partial charge in [-0.3, -0.25) is 19.7 Å². The van der Waals surface area contributed by atoms with Crippen LogP contribution in [0.15, 0.2) is 199 Å². The molecule has 624 valence electrons. The van der Waals surface area contributed by atoms with Gasteiger partial charge in [-0.1, -0.05) is 87.4 Å². The molecule has 10 N–H and O–H groups in total. The largest absolute Gasteiger partial charge is 0.463 e. The number of nitrogen functional groups attached to an aromatic ring is 5. The number of nitrogens with two attached hydrogens (primary N) is 5. The summed E-state index contributed by atoms with van der Waals surface area (Å²) in [6.45, 7) is 31.1. The number of carbonyl (C=O) groups is 1. The minimum atomic E-state index is -0.170. The first-order valence-electron chi connectivity index (χ1n) is 39.0. The standard InChI is InChI=1S/C21H21N5O.C18H20N6O2.C17H19N5O.C17H18N4O2.C16H17N5OS/c1-13(2)16-11-24-20(26-9-8-15-6-4-5-7-17(15)26)10-18(16)27-19-12-23-14(3)25-21(19)22;1-10(2)14-7-21-15(13-6-22-24(9-13)12(4)25)5-16(14)26-17-8-20-11(3)23-18(17)19;1-11(2)13-9-20-16(22-6-4-5-7-22)8-14(13)23-15-10-19-12(3)21-17(15)18;1-10(2)12-8-20-13(14-5-4-6-22-14)7-15(12)23-16-9-19-11(3)21-17(16)18;1-9(2)11-5-19-12(13-7-23-8-20-13)4-14(11)22-15-6-18-10(3)21-16(15)17/h4-13H,1-3H3,(H2,22,23,25);5-10H,1-4H3,(H2,19,20,23);4-11H,1-3H3,(H2,18,19,21);4-10H,1-3H3,(H2,18,19,21);4-9H,1-3H3,(H2,17,18,21). The SMILES string of the molecule is CC(=O)n1cc(-c2cc(Oc3cnc(C)nc3N)c(C(C)C)cn2)cn1.Cc1ncc(Oc2cc(-c3ccco3)ncc2C(C)C)c(N)n1.Cc1ncc(Oc2cc(-c3cscn3)ncc2C(C)C)c(N)n1.Cc1ncc(Oc2cc(-n3ccc4ccccc43)ncc2C(C)C)c(N)n1.Cc1ncc(Oc2cc(-n3cccc3)ncc2C(C)C)c(N)n1. The molecule has 0 saturated heterocycles.